The van der Waals surface area contributed by atoms with E-state index in [9.17, 15) is 0 Å². The lowest BCUT2D eigenvalue weighted by Gasteiger charge is -2.20. The van der Waals surface area contributed by atoms with Gasteiger partial charge in [0.15, 0.2) is 5.96 Å². The van der Waals surface area contributed by atoms with Crippen molar-refractivity contribution in [3.63, 3.8) is 0 Å². The second kappa shape index (κ2) is 7.64. The summed E-state index contributed by atoms with van der Waals surface area (Å²) < 4.78 is 0. The molecular weight excluding hydrogens is 270 g/mol. The Balaban J connectivity index is 1.68. The Kier molecular flexibility index (Phi) is 5.09. The van der Waals surface area contributed by atoms with Crippen LogP contribution in [0.4, 0.5) is 0 Å². The van der Waals surface area contributed by atoms with Crippen LogP contribution in [0.2, 0.25) is 0 Å². The third-order valence-corrected chi connectivity index (χ3v) is 4.03. The van der Waals surface area contributed by atoms with E-state index in [1.54, 1.807) is 0 Å². The van der Waals surface area contributed by atoms with Crippen molar-refractivity contribution in [3.05, 3.63) is 71.8 Å². The molecule has 3 nitrogen and oxygen atoms in total. The van der Waals surface area contributed by atoms with Crippen LogP contribution in [0.25, 0.3) is 0 Å². The highest BCUT2D eigenvalue weighted by atomic mass is 15.2. The zero-order valence-electron chi connectivity index (χ0n) is 12.8. The topological polar surface area (TPSA) is 36.4 Å². The second-order valence-corrected chi connectivity index (χ2v) is 5.60. The molecule has 0 saturated heterocycles. The van der Waals surface area contributed by atoms with E-state index in [0.29, 0.717) is 5.92 Å². The fraction of sp³-hybridized carbons (Fsp3) is 0.316. The third kappa shape index (κ3) is 3.88. The number of aliphatic imine (C=N–C) groups is 1. The average molecular weight is 293 g/mol. The van der Waals surface area contributed by atoms with Crippen molar-refractivity contribution in [2.24, 2.45) is 4.99 Å². The molecule has 3 heteroatoms. The van der Waals surface area contributed by atoms with Crippen LogP contribution in [0.3, 0.4) is 0 Å². The zero-order chi connectivity index (χ0) is 15.0. The van der Waals surface area contributed by atoms with Crippen molar-refractivity contribution in [3.8, 4) is 0 Å². The van der Waals surface area contributed by atoms with Crippen molar-refractivity contribution < 1.29 is 0 Å². The molecule has 2 N–H and O–H groups in total. The Morgan fingerprint density at radius 2 is 1.59 bits per heavy atom. The summed E-state index contributed by atoms with van der Waals surface area (Å²) >= 11 is 0. The van der Waals surface area contributed by atoms with Crippen LogP contribution < -0.4 is 10.6 Å². The summed E-state index contributed by atoms with van der Waals surface area (Å²) in [5, 5.41) is 6.74. The first-order valence-electron chi connectivity index (χ1n) is 8.05. The van der Waals surface area contributed by atoms with Crippen LogP contribution in [0.15, 0.2) is 65.7 Å². The molecule has 22 heavy (non-hydrogen) atoms. The molecule has 0 aromatic heterocycles. The molecular formula is C19H23N3. The minimum Gasteiger partial charge on any atom is -0.356 e. The van der Waals surface area contributed by atoms with Gasteiger partial charge in [0.25, 0.3) is 0 Å². The normalized spacial score (nSPS) is 14.3. The Bertz CT molecular complexity index is 553. The van der Waals surface area contributed by atoms with Crippen LogP contribution in [-0.4, -0.2) is 25.6 Å². The molecule has 1 aliphatic rings. The molecule has 0 fully saturated rings. The van der Waals surface area contributed by atoms with Crippen LogP contribution in [0.1, 0.15) is 29.9 Å². The van der Waals surface area contributed by atoms with Gasteiger partial charge in [-0.05, 0) is 24.0 Å². The zero-order valence-corrected chi connectivity index (χ0v) is 12.8. The van der Waals surface area contributed by atoms with Gasteiger partial charge in [-0.3, -0.25) is 4.99 Å². The monoisotopic (exact) mass is 293 g/mol. The van der Waals surface area contributed by atoms with Crippen LogP contribution >= 0.6 is 0 Å². The maximum Gasteiger partial charge on any atom is 0.191 e. The molecule has 2 aromatic rings. The summed E-state index contributed by atoms with van der Waals surface area (Å²) in [6, 6.07) is 21.5. The number of rotatable bonds is 5. The average Bonchev–Trinajstić information content (AvgIpc) is 2.61. The number of benzene rings is 2. The molecule has 0 unspecified atom stereocenters. The minimum atomic E-state index is 0.416. The van der Waals surface area contributed by atoms with E-state index in [4.69, 9.17) is 0 Å². The molecule has 114 valence electrons. The smallest absolute Gasteiger partial charge is 0.191 e. The van der Waals surface area contributed by atoms with Gasteiger partial charge in [-0.15, -0.1) is 0 Å². The quantitative estimate of drug-likeness (QED) is 0.888. The SMILES string of the molecule is c1ccc(C(CCNC2=NCCCN2)c2ccccc2)cc1. The number of nitrogens with zero attached hydrogens (tertiary/aromatic N) is 1. The van der Waals surface area contributed by atoms with Crippen LogP contribution in [-0.2, 0) is 0 Å². The Morgan fingerprint density at radius 3 is 2.14 bits per heavy atom. The summed E-state index contributed by atoms with van der Waals surface area (Å²) in [7, 11) is 0. The largest absolute Gasteiger partial charge is 0.356 e. The first-order valence-corrected chi connectivity index (χ1v) is 8.05. The molecule has 0 atom stereocenters. The van der Waals surface area contributed by atoms with Crippen molar-refractivity contribution in [1.29, 1.82) is 0 Å². The van der Waals surface area contributed by atoms with Gasteiger partial charge < -0.3 is 10.6 Å². The van der Waals surface area contributed by atoms with Gasteiger partial charge in [0.1, 0.15) is 0 Å². The van der Waals surface area contributed by atoms with Crippen molar-refractivity contribution >= 4 is 5.96 Å². The molecule has 1 aliphatic heterocycles. The van der Waals surface area contributed by atoms with Crippen molar-refractivity contribution in [1.82, 2.24) is 10.6 Å². The van der Waals surface area contributed by atoms with E-state index in [1.165, 1.54) is 11.1 Å². The molecule has 3 rings (SSSR count). The minimum absolute atomic E-state index is 0.416. The van der Waals surface area contributed by atoms with Crippen LogP contribution in [0, 0.1) is 0 Å². The lowest BCUT2D eigenvalue weighted by Crippen LogP contribution is -2.41. The van der Waals surface area contributed by atoms with E-state index < -0.39 is 0 Å². The van der Waals surface area contributed by atoms with Gasteiger partial charge in [0.05, 0.1) is 0 Å². The molecule has 0 radical (unpaired) electrons. The molecule has 0 aliphatic carbocycles. The van der Waals surface area contributed by atoms with E-state index >= 15 is 0 Å². The van der Waals surface area contributed by atoms with Gasteiger partial charge in [-0.25, -0.2) is 0 Å². The van der Waals surface area contributed by atoms with Crippen LogP contribution in [0.5, 0.6) is 0 Å². The summed E-state index contributed by atoms with van der Waals surface area (Å²) in [6.45, 7) is 2.86. The number of hydrogen-bond acceptors (Lipinski definition) is 3. The highest BCUT2D eigenvalue weighted by molar-refractivity contribution is 5.80. The predicted molar refractivity (Wildman–Crippen MR) is 92.3 cm³/mol. The molecule has 0 spiro atoms. The Morgan fingerprint density at radius 1 is 0.955 bits per heavy atom. The van der Waals surface area contributed by atoms with Gasteiger partial charge in [-0.2, -0.15) is 0 Å². The highest BCUT2D eigenvalue weighted by Gasteiger charge is 2.14. The number of nitrogens with one attached hydrogen (secondary N) is 2. The molecule has 0 bridgehead atoms. The fourth-order valence-electron chi connectivity index (χ4n) is 2.88. The second-order valence-electron chi connectivity index (χ2n) is 5.60. The maximum atomic E-state index is 4.47. The van der Waals surface area contributed by atoms with Crippen molar-refractivity contribution in [2.75, 3.05) is 19.6 Å². The van der Waals surface area contributed by atoms with E-state index in [0.717, 1.165) is 38.4 Å². The standard InChI is InChI=1S/C19H23N3/c1-3-8-16(9-4-1)18(17-10-5-2-6-11-17)12-15-22-19-20-13-7-14-21-19/h1-6,8-11,18H,7,12-15H2,(H2,20,21,22). The Labute approximate surface area is 132 Å². The predicted octanol–water partition coefficient (Wildman–Crippen LogP) is 3.15. The number of hydrogen-bond donors (Lipinski definition) is 2. The lowest BCUT2D eigenvalue weighted by atomic mass is 9.88. The summed E-state index contributed by atoms with van der Waals surface area (Å²) in [6.07, 6.45) is 2.18. The molecule has 2 aromatic carbocycles. The van der Waals surface area contributed by atoms with E-state index in [-0.39, 0.29) is 0 Å². The summed E-state index contributed by atoms with van der Waals surface area (Å²) in [4.78, 5) is 4.47. The molecule has 1 heterocycles. The lowest BCUT2D eigenvalue weighted by molar-refractivity contribution is 0.656. The first kappa shape index (κ1) is 14.6. The third-order valence-electron chi connectivity index (χ3n) is 4.03. The van der Waals surface area contributed by atoms with Gasteiger partial charge >= 0.3 is 0 Å². The highest BCUT2D eigenvalue weighted by Crippen LogP contribution is 2.27. The maximum absolute atomic E-state index is 4.47. The van der Waals surface area contributed by atoms with Gasteiger partial charge in [-0.1, -0.05) is 60.7 Å². The van der Waals surface area contributed by atoms with E-state index in [1.807, 2.05) is 0 Å². The summed E-state index contributed by atoms with van der Waals surface area (Å²) in [5.41, 5.74) is 2.74. The fourth-order valence-corrected chi connectivity index (χ4v) is 2.88. The summed E-state index contributed by atoms with van der Waals surface area (Å²) in [5.74, 6) is 1.37. The van der Waals surface area contributed by atoms with Gasteiger partial charge in [0.2, 0.25) is 0 Å². The number of guanidine groups is 1. The molecule has 0 saturated carbocycles. The van der Waals surface area contributed by atoms with Gasteiger partial charge in [0, 0.05) is 25.6 Å². The first-order chi connectivity index (χ1) is 10.9. The Hall–Kier alpha value is -2.29. The van der Waals surface area contributed by atoms with Crippen molar-refractivity contribution in [2.45, 2.75) is 18.8 Å². The molecule has 0 amide bonds. The van der Waals surface area contributed by atoms with E-state index in [2.05, 4.69) is 76.3 Å².